The summed E-state index contributed by atoms with van der Waals surface area (Å²) in [7, 11) is 0. The van der Waals surface area contributed by atoms with Gasteiger partial charge in [-0.15, -0.1) is 0 Å². The molecule has 1 heterocycles. The van der Waals surface area contributed by atoms with E-state index in [2.05, 4.69) is 23.8 Å². The Balaban J connectivity index is 2.32. The Morgan fingerprint density at radius 2 is 2.00 bits per heavy atom. The molecular weight excluding hydrogens is 214 g/mol. The Kier molecular flexibility index (Phi) is 3.33. The molecule has 4 heteroatoms. The van der Waals surface area contributed by atoms with Gasteiger partial charge < -0.3 is 15.7 Å². The molecule has 2 aromatic rings. The van der Waals surface area contributed by atoms with Crippen LogP contribution in [0.3, 0.4) is 0 Å². The molecule has 17 heavy (non-hydrogen) atoms. The number of fused-ring (bicyclic) bond motifs is 1. The maximum absolute atomic E-state index is 11.2. The fourth-order valence-electron chi connectivity index (χ4n) is 2.22. The standard InChI is InChI=1S/C13H19N3O/c1-3-4-8(2)12(14)9-5-6-10-11(7-9)16-13(17)15-10/h5-8,12H,3-4,14H2,1-2H3,(H2,15,16,17). The summed E-state index contributed by atoms with van der Waals surface area (Å²) in [5, 5.41) is 0. The Morgan fingerprint density at radius 1 is 1.29 bits per heavy atom. The molecule has 0 bridgehead atoms. The second kappa shape index (κ2) is 4.75. The minimum Gasteiger partial charge on any atom is -0.324 e. The molecule has 0 aliphatic heterocycles. The van der Waals surface area contributed by atoms with Crippen molar-refractivity contribution in [3.05, 3.63) is 34.2 Å². The van der Waals surface area contributed by atoms with Gasteiger partial charge in [0.1, 0.15) is 0 Å². The molecule has 0 spiro atoms. The lowest BCUT2D eigenvalue weighted by Crippen LogP contribution is -2.18. The number of benzene rings is 1. The Morgan fingerprint density at radius 3 is 2.71 bits per heavy atom. The summed E-state index contributed by atoms with van der Waals surface area (Å²) in [4.78, 5) is 16.6. The zero-order valence-corrected chi connectivity index (χ0v) is 10.3. The van der Waals surface area contributed by atoms with Crippen molar-refractivity contribution in [3.63, 3.8) is 0 Å². The third-order valence-corrected chi connectivity index (χ3v) is 3.28. The van der Waals surface area contributed by atoms with Crippen molar-refractivity contribution in [1.29, 1.82) is 0 Å². The van der Waals surface area contributed by atoms with Crippen LogP contribution in [-0.4, -0.2) is 9.97 Å². The molecule has 0 fully saturated rings. The molecule has 2 unspecified atom stereocenters. The number of aromatic nitrogens is 2. The number of hydrogen-bond acceptors (Lipinski definition) is 2. The molecule has 0 aliphatic rings. The highest BCUT2D eigenvalue weighted by atomic mass is 16.1. The van der Waals surface area contributed by atoms with E-state index in [0.717, 1.165) is 29.4 Å². The van der Waals surface area contributed by atoms with Crippen LogP contribution in [0, 0.1) is 5.92 Å². The van der Waals surface area contributed by atoms with Crippen molar-refractivity contribution in [2.24, 2.45) is 11.7 Å². The summed E-state index contributed by atoms with van der Waals surface area (Å²) in [6, 6.07) is 5.88. The summed E-state index contributed by atoms with van der Waals surface area (Å²) >= 11 is 0. The van der Waals surface area contributed by atoms with Gasteiger partial charge in [-0.3, -0.25) is 0 Å². The van der Waals surface area contributed by atoms with Crippen LogP contribution >= 0.6 is 0 Å². The minimum atomic E-state index is -0.174. The fraction of sp³-hybridized carbons (Fsp3) is 0.462. The van der Waals surface area contributed by atoms with Crippen LogP contribution in [-0.2, 0) is 0 Å². The van der Waals surface area contributed by atoms with Crippen LogP contribution in [0.2, 0.25) is 0 Å². The van der Waals surface area contributed by atoms with Gasteiger partial charge in [0.05, 0.1) is 11.0 Å². The third kappa shape index (κ3) is 2.42. The normalized spacial score (nSPS) is 15.0. The first-order chi connectivity index (χ1) is 8.11. The van der Waals surface area contributed by atoms with E-state index < -0.39 is 0 Å². The molecule has 2 atom stereocenters. The number of nitrogens with one attached hydrogen (secondary N) is 2. The number of H-pyrrole nitrogens is 2. The molecule has 4 nitrogen and oxygen atoms in total. The van der Waals surface area contributed by atoms with E-state index in [9.17, 15) is 4.79 Å². The molecule has 0 amide bonds. The van der Waals surface area contributed by atoms with E-state index in [1.807, 2.05) is 18.2 Å². The van der Waals surface area contributed by atoms with Crippen molar-refractivity contribution in [1.82, 2.24) is 9.97 Å². The second-order valence-corrected chi connectivity index (χ2v) is 4.68. The molecule has 0 saturated carbocycles. The first kappa shape index (κ1) is 11.9. The van der Waals surface area contributed by atoms with Crippen LogP contribution in [0.15, 0.2) is 23.0 Å². The highest BCUT2D eigenvalue weighted by molar-refractivity contribution is 5.75. The summed E-state index contributed by atoms with van der Waals surface area (Å²) < 4.78 is 0. The lowest BCUT2D eigenvalue weighted by atomic mass is 9.92. The van der Waals surface area contributed by atoms with Gasteiger partial charge in [0.25, 0.3) is 0 Å². The molecule has 0 saturated heterocycles. The maximum atomic E-state index is 11.2. The van der Waals surface area contributed by atoms with E-state index in [-0.39, 0.29) is 11.7 Å². The molecule has 1 aromatic carbocycles. The van der Waals surface area contributed by atoms with Gasteiger partial charge in [0, 0.05) is 6.04 Å². The van der Waals surface area contributed by atoms with Crippen molar-refractivity contribution < 1.29 is 0 Å². The number of aromatic amines is 2. The van der Waals surface area contributed by atoms with E-state index in [1.165, 1.54) is 0 Å². The summed E-state index contributed by atoms with van der Waals surface area (Å²) in [6.45, 7) is 4.33. The Labute approximate surface area is 100 Å². The van der Waals surface area contributed by atoms with Gasteiger partial charge >= 0.3 is 5.69 Å². The van der Waals surface area contributed by atoms with E-state index in [0.29, 0.717) is 5.92 Å². The fourth-order valence-corrected chi connectivity index (χ4v) is 2.22. The molecule has 1 aromatic heterocycles. The summed E-state index contributed by atoms with van der Waals surface area (Å²) in [5.74, 6) is 0.447. The third-order valence-electron chi connectivity index (χ3n) is 3.28. The van der Waals surface area contributed by atoms with Crippen molar-refractivity contribution in [3.8, 4) is 0 Å². The van der Waals surface area contributed by atoms with Crippen LogP contribution in [0.1, 0.15) is 38.3 Å². The first-order valence-corrected chi connectivity index (χ1v) is 6.09. The van der Waals surface area contributed by atoms with Crippen LogP contribution in [0.5, 0.6) is 0 Å². The smallest absolute Gasteiger partial charge is 0.323 e. The number of hydrogen-bond donors (Lipinski definition) is 3. The van der Waals surface area contributed by atoms with Crippen molar-refractivity contribution >= 4 is 11.0 Å². The van der Waals surface area contributed by atoms with Gasteiger partial charge in [-0.25, -0.2) is 4.79 Å². The lowest BCUT2D eigenvalue weighted by Gasteiger charge is -2.19. The first-order valence-electron chi connectivity index (χ1n) is 6.09. The zero-order chi connectivity index (χ0) is 12.4. The maximum Gasteiger partial charge on any atom is 0.323 e. The van der Waals surface area contributed by atoms with Gasteiger partial charge in [-0.05, 0) is 30.0 Å². The van der Waals surface area contributed by atoms with Crippen molar-refractivity contribution in [2.45, 2.75) is 32.7 Å². The molecule has 4 N–H and O–H groups in total. The molecule has 2 rings (SSSR count). The molecule has 0 radical (unpaired) electrons. The molecular formula is C13H19N3O. The highest BCUT2D eigenvalue weighted by Gasteiger charge is 2.14. The van der Waals surface area contributed by atoms with Gasteiger partial charge in [-0.2, -0.15) is 0 Å². The SMILES string of the molecule is CCCC(C)C(N)c1ccc2[nH]c(=O)[nH]c2c1. The topological polar surface area (TPSA) is 74.7 Å². The summed E-state index contributed by atoms with van der Waals surface area (Å²) in [5.41, 5.74) is 8.78. The Bertz CT molecular complexity index is 555. The van der Waals surface area contributed by atoms with E-state index in [4.69, 9.17) is 5.73 Å². The van der Waals surface area contributed by atoms with Gasteiger partial charge in [0.2, 0.25) is 0 Å². The zero-order valence-electron chi connectivity index (χ0n) is 10.3. The molecule has 92 valence electrons. The highest BCUT2D eigenvalue weighted by Crippen LogP contribution is 2.24. The lowest BCUT2D eigenvalue weighted by molar-refractivity contribution is 0.434. The van der Waals surface area contributed by atoms with Crippen molar-refractivity contribution in [2.75, 3.05) is 0 Å². The number of rotatable bonds is 4. The monoisotopic (exact) mass is 233 g/mol. The predicted octanol–water partition coefficient (Wildman–Crippen LogP) is 2.29. The average Bonchev–Trinajstić information content (AvgIpc) is 2.67. The quantitative estimate of drug-likeness (QED) is 0.758. The van der Waals surface area contributed by atoms with Gasteiger partial charge in [-0.1, -0.05) is 26.3 Å². The largest absolute Gasteiger partial charge is 0.324 e. The van der Waals surface area contributed by atoms with Crippen LogP contribution in [0.25, 0.3) is 11.0 Å². The molecule has 0 aliphatic carbocycles. The van der Waals surface area contributed by atoms with Crippen LogP contribution < -0.4 is 11.4 Å². The second-order valence-electron chi connectivity index (χ2n) is 4.68. The van der Waals surface area contributed by atoms with E-state index in [1.54, 1.807) is 0 Å². The van der Waals surface area contributed by atoms with Crippen LogP contribution in [0.4, 0.5) is 0 Å². The minimum absolute atomic E-state index is 0.0257. The van der Waals surface area contributed by atoms with Gasteiger partial charge in [0.15, 0.2) is 0 Å². The number of nitrogens with two attached hydrogens (primary N) is 1. The predicted molar refractivity (Wildman–Crippen MR) is 69.9 cm³/mol. The average molecular weight is 233 g/mol. The summed E-state index contributed by atoms with van der Waals surface area (Å²) in [6.07, 6.45) is 2.25. The van der Waals surface area contributed by atoms with E-state index >= 15 is 0 Å². The number of imidazole rings is 1. The Hall–Kier alpha value is -1.55.